The van der Waals surface area contributed by atoms with Gasteiger partial charge in [0.05, 0.1) is 5.83 Å². The Labute approximate surface area is 67.1 Å². The summed E-state index contributed by atoms with van der Waals surface area (Å²) in [5, 5.41) is 0.0796. The first kappa shape index (κ1) is 9.96. The van der Waals surface area contributed by atoms with E-state index in [2.05, 4.69) is 0 Å². The second kappa shape index (κ2) is 5.72. The van der Waals surface area contributed by atoms with Gasteiger partial charge in [-0.1, -0.05) is 13.0 Å². The predicted molar refractivity (Wildman–Crippen MR) is 44.0 cm³/mol. The van der Waals surface area contributed by atoms with E-state index in [9.17, 15) is 4.39 Å². The average Bonchev–Trinajstić information content (AvgIpc) is 1.85. The van der Waals surface area contributed by atoms with Gasteiger partial charge in [-0.25, -0.2) is 4.39 Å². The second-order valence-corrected chi connectivity index (χ2v) is 3.12. The molecule has 0 aliphatic rings. The van der Waals surface area contributed by atoms with Crippen molar-refractivity contribution in [1.82, 2.24) is 0 Å². The van der Waals surface area contributed by atoms with Crippen LogP contribution < -0.4 is 0 Å². The molecule has 0 N–H and O–H groups in total. The molecule has 0 saturated heterocycles. The standard InChI is InChI=1S/C8H14ClF/c1-3-4-8(10)6-5-7(2)9/h4,7H,3,5-6H2,1-2H3/b8-4+. The summed E-state index contributed by atoms with van der Waals surface area (Å²) in [6.07, 6.45) is 3.57. The molecule has 0 bridgehead atoms. The van der Waals surface area contributed by atoms with E-state index in [1.807, 2.05) is 13.8 Å². The number of halogens is 2. The lowest BCUT2D eigenvalue weighted by molar-refractivity contribution is 0.567. The lowest BCUT2D eigenvalue weighted by Crippen LogP contribution is -1.89. The molecule has 0 aliphatic carbocycles. The minimum Gasteiger partial charge on any atom is -0.212 e. The summed E-state index contributed by atoms with van der Waals surface area (Å²) in [6, 6.07) is 0. The molecule has 0 nitrogen and oxygen atoms in total. The maximum atomic E-state index is 12.6. The quantitative estimate of drug-likeness (QED) is 0.557. The maximum Gasteiger partial charge on any atom is 0.0960 e. The maximum absolute atomic E-state index is 12.6. The molecule has 0 rings (SSSR count). The Morgan fingerprint density at radius 2 is 2.30 bits per heavy atom. The fourth-order valence-electron chi connectivity index (χ4n) is 0.660. The Kier molecular flexibility index (Phi) is 5.70. The largest absolute Gasteiger partial charge is 0.212 e. The van der Waals surface area contributed by atoms with Gasteiger partial charge in [0, 0.05) is 11.8 Å². The topological polar surface area (TPSA) is 0 Å². The summed E-state index contributed by atoms with van der Waals surface area (Å²) in [6.45, 7) is 3.80. The highest BCUT2D eigenvalue weighted by atomic mass is 35.5. The van der Waals surface area contributed by atoms with Crippen molar-refractivity contribution in [3.8, 4) is 0 Å². The summed E-state index contributed by atoms with van der Waals surface area (Å²) < 4.78 is 12.6. The fraction of sp³-hybridized carbons (Fsp3) is 0.750. The van der Waals surface area contributed by atoms with Gasteiger partial charge in [0.2, 0.25) is 0 Å². The van der Waals surface area contributed by atoms with Gasteiger partial charge in [-0.15, -0.1) is 11.6 Å². The van der Waals surface area contributed by atoms with E-state index >= 15 is 0 Å². The first-order valence-electron chi connectivity index (χ1n) is 3.65. The zero-order chi connectivity index (χ0) is 7.98. The van der Waals surface area contributed by atoms with E-state index in [4.69, 9.17) is 11.6 Å². The number of hydrogen-bond donors (Lipinski definition) is 0. The van der Waals surface area contributed by atoms with Crippen LogP contribution in [0.1, 0.15) is 33.1 Å². The highest BCUT2D eigenvalue weighted by molar-refractivity contribution is 6.20. The fourth-order valence-corrected chi connectivity index (χ4v) is 0.769. The molecule has 60 valence electrons. The summed E-state index contributed by atoms with van der Waals surface area (Å²) in [5.41, 5.74) is 0. The van der Waals surface area contributed by atoms with Gasteiger partial charge in [0.15, 0.2) is 0 Å². The summed E-state index contributed by atoms with van der Waals surface area (Å²) in [7, 11) is 0. The van der Waals surface area contributed by atoms with Crippen LogP contribution in [0, 0.1) is 0 Å². The molecule has 0 aromatic heterocycles. The molecule has 0 fully saturated rings. The van der Waals surface area contributed by atoms with Crippen molar-refractivity contribution in [3.05, 3.63) is 11.9 Å². The third kappa shape index (κ3) is 6.09. The van der Waals surface area contributed by atoms with Crippen LogP contribution in [0.4, 0.5) is 4.39 Å². The van der Waals surface area contributed by atoms with Crippen LogP contribution in [0.15, 0.2) is 11.9 Å². The van der Waals surface area contributed by atoms with E-state index in [0.29, 0.717) is 6.42 Å². The predicted octanol–water partition coefficient (Wildman–Crippen LogP) is 3.66. The third-order valence-electron chi connectivity index (χ3n) is 1.21. The molecule has 0 aromatic rings. The molecular formula is C8H14ClF. The summed E-state index contributed by atoms with van der Waals surface area (Å²) in [4.78, 5) is 0. The van der Waals surface area contributed by atoms with Gasteiger partial charge in [0.1, 0.15) is 0 Å². The van der Waals surface area contributed by atoms with Crippen molar-refractivity contribution in [2.24, 2.45) is 0 Å². The highest BCUT2D eigenvalue weighted by Gasteiger charge is 1.98. The number of allylic oxidation sites excluding steroid dienone is 2. The van der Waals surface area contributed by atoms with Crippen LogP contribution in [-0.4, -0.2) is 5.38 Å². The Hall–Kier alpha value is -0.0400. The molecule has 0 heterocycles. The molecule has 0 aliphatic heterocycles. The van der Waals surface area contributed by atoms with E-state index < -0.39 is 0 Å². The van der Waals surface area contributed by atoms with Crippen molar-refractivity contribution >= 4 is 11.6 Å². The van der Waals surface area contributed by atoms with Crippen LogP contribution >= 0.6 is 11.6 Å². The Bertz CT molecular complexity index is 108. The van der Waals surface area contributed by atoms with Gasteiger partial charge in [-0.3, -0.25) is 0 Å². The lowest BCUT2D eigenvalue weighted by atomic mass is 10.2. The molecule has 0 aromatic carbocycles. The first-order valence-corrected chi connectivity index (χ1v) is 4.09. The van der Waals surface area contributed by atoms with Crippen molar-refractivity contribution in [3.63, 3.8) is 0 Å². The molecular weight excluding hydrogens is 151 g/mol. The molecule has 1 unspecified atom stereocenters. The molecule has 10 heavy (non-hydrogen) atoms. The monoisotopic (exact) mass is 164 g/mol. The van der Waals surface area contributed by atoms with Crippen LogP contribution in [0.3, 0.4) is 0 Å². The van der Waals surface area contributed by atoms with Gasteiger partial charge < -0.3 is 0 Å². The SMILES string of the molecule is CC/C=C(/F)CCC(C)Cl. The zero-order valence-corrected chi connectivity index (χ0v) is 7.29. The zero-order valence-electron chi connectivity index (χ0n) is 6.53. The van der Waals surface area contributed by atoms with Crippen molar-refractivity contribution in [1.29, 1.82) is 0 Å². The van der Waals surface area contributed by atoms with Crippen LogP contribution in [0.25, 0.3) is 0 Å². The van der Waals surface area contributed by atoms with Crippen LogP contribution in [0.2, 0.25) is 0 Å². The number of alkyl halides is 1. The highest BCUT2D eigenvalue weighted by Crippen LogP contribution is 2.12. The Balaban J connectivity index is 3.39. The minimum absolute atomic E-state index is 0.0324. The minimum atomic E-state index is -0.0324. The van der Waals surface area contributed by atoms with Crippen molar-refractivity contribution in [2.75, 3.05) is 0 Å². The van der Waals surface area contributed by atoms with Gasteiger partial charge >= 0.3 is 0 Å². The van der Waals surface area contributed by atoms with Gasteiger partial charge in [-0.05, 0) is 19.8 Å². The normalized spacial score (nSPS) is 15.4. The lowest BCUT2D eigenvalue weighted by Gasteiger charge is -1.99. The Morgan fingerprint density at radius 1 is 1.70 bits per heavy atom. The second-order valence-electron chi connectivity index (χ2n) is 2.38. The molecule has 0 radical (unpaired) electrons. The summed E-state index contributed by atoms with van der Waals surface area (Å²) >= 11 is 5.63. The third-order valence-corrected chi connectivity index (χ3v) is 1.42. The molecule has 1 atom stereocenters. The van der Waals surface area contributed by atoms with E-state index in [1.165, 1.54) is 0 Å². The van der Waals surface area contributed by atoms with E-state index in [1.54, 1.807) is 6.08 Å². The average molecular weight is 165 g/mol. The summed E-state index contributed by atoms with van der Waals surface area (Å²) in [5.74, 6) is -0.0324. The van der Waals surface area contributed by atoms with Gasteiger partial charge in [-0.2, -0.15) is 0 Å². The molecule has 2 heteroatoms. The van der Waals surface area contributed by atoms with Crippen LogP contribution in [0.5, 0.6) is 0 Å². The van der Waals surface area contributed by atoms with Crippen LogP contribution in [-0.2, 0) is 0 Å². The van der Waals surface area contributed by atoms with Crippen molar-refractivity contribution < 1.29 is 4.39 Å². The van der Waals surface area contributed by atoms with Crippen molar-refractivity contribution in [2.45, 2.75) is 38.5 Å². The van der Waals surface area contributed by atoms with E-state index in [0.717, 1.165) is 12.8 Å². The number of hydrogen-bond acceptors (Lipinski definition) is 0. The first-order chi connectivity index (χ1) is 4.66. The smallest absolute Gasteiger partial charge is 0.0960 e. The number of rotatable bonds is 4. The molecule has 0 saturated carbocycles. The molecule has 0 amide bonds. The van der Waals surface area contributed by atoms with E-state index in [-0.39, 0.29) is 11.2 Å². The Morgan fingerprint density at radius 3 is 2.70 bits per heavy atom. The molecule has 0 spiro atoms. The van der Waals surface area contributed by atoms with Gasteiger partial charge in [0.25, 0.3) is 0 Å².